The molecule has 0 N–H and O–H groups in total. The first-order valence-corrected chi connectivity index (χ1v) is 11.4. The molecule has 0 bridgehead atoms. The number of alkyl halides is 3. The van der Waals surface area contributed by atoms with Gasteiger partial charge < -0.3 is 14.3 Å². The van der Waals surface area contributed by atoms with Crippen molar-refractivity contribution >= 4 is 28.9 Å². The van der Waals surface area contributed by atoms with Crippen LogP contribution < -0.4 is 4.90 Å². The van der Waals surface area contributed by atoms with Crippen LogP contribution in [0.25, 0.3) is 10.7 Å². The average molecular weight is 502 g/mol. The van der Waals surface area contributed by atoms with Gasteiger partial charge in [-0.15, -0.1) is 16.4 Å². The van der Waals surface area contributed by atoms with Gasteiger partial charge in [0.1, 0.15) is 0 Å². The van der Waals surface area contributed by atoms with Crippen molar-refractivity contribution in [3.05, 3.63) is 59.3 Å². The molecule has 0 saturated carbocycles. The molecule has 4 aromatic rings. The highest BCUT2D eigenvalue weighted by Gasteiger charge is 2.38. The third-order valence-corrected chi connectivity index (χ3v) is 6.31. The van der Waals surface area contributed by atoms with Crippen molar-refractivity contribution < 1.29 is 22.5 Å². The fraction of sp³-hybridized carbons (Fsp3) is 0.286. The molecule has 1 amide bonds. The zero-order valence-corrected chi connectivity index (χ0v) is 18.8. The van der Waals surface area contributed by atoms with Crippen LogP contribution in [-0.4, -0.2) is 54.2 Å². The van der Waals surface area contributed by atoms with Crippen molar-refractivity contribution in [3.63, 3.8) is 0 Å². The molecule has 180 valence electrons. The van der Waals surface area contributed by atoms with E-state index in [1.807, 2.05) is 0 Å². The van der Waals surface area contributed by atoms with Crippen molar-refractivity contribution in [2.24, 2.45) is 0 Å². The number of carbonyl (C=O) groups is 1. The van der Waals surface area contributed by atoms with E-state index >= 15 is 0 Å². The second-order valence-corrected chi connectivity index (χ2v) is 8.81. The number of halogens is 3. The molecule has 5 rings (SSSR count). The summed E-state index contributed by atoms with van der Waals surface area (Å²) in [5, 5.41) is 11.6. The standard InChI is InChI=1S/C21H17F3N8O2S/c22-21(23,24)20-28-18(30-34-20)15-4-3-14(35-15)12-32(17-11-25-5-6-26-17)16-9-13(10-27-29-16)19(33)31-7-1-2-8-31/h3-6,9-11H,1-2,7-8,12H2. The van der Waals surface area contributed by atoms with Crippen LogP contribution in [0.3, 0.4) is 0 Å². The van der Waals surface area contributed by atoms with E-state index in [1.54, 1.807) is 34.2 Å². The van der Waals surface area contributed by atoms with Crippen LogP contribution in [0, 0.1) is 0 Å². The maximum absolute atomic E-state index is 12.9. The molecule has 1 aliphatic rings. The Labute approximate surface area is 200 Å². The number of hydrogen-bond acceptors (Lipinski definition) is 10. The number of anilines is 2. The highest BCUT2D eigenvalue weighted by Crippen LogP contribution is 2.33. The Bertz CT molecular complexity index is 1320. The topological polar surface area (TPSA) is 114 Å². The van der Waals surface area contributed by atoms with Gasteiger partial charge in [0.2, 0.25) is 5.82 Å². The molecule has 14 heteroatoms. The first-order chi connectivity index (χ1) is 16.9. The van der Waals surface area contributed by atoms with E-state index < -0.39 is 12.1 Å². The summed E-state index contributed by atoms with van der Waals surface area (Å²) in [6.07, 6.45) is 3.23. The lowest BCUT2D eigenvalue weighted by Crippen LogP contribution is -2.28. The molecule has 1 fully saturated rings. The normalized spacial score (nSPS) is 13.9. The Morgan fingerprint density at radius 3 is 2.69 bits per heavy atom. The van der Waals surface area contributed by atoms with E-state index in [4.69, 9.17) is 0 Å². The molecule has 10 nitrogen and oxygen atoms in total. The molecule has 35 heavy (non-hydrogen) atoms. The van der Waals surface area contributed by atoms with Gasteiger partial charge in [0.15, 0.2) is 11.6 Å². The van der Waals surface area contributed by atoms with Crippen molar-refractivity contribution in [2.75, 3.05) is 18.0 Å². The van der Waals surface area contributed by atoms with E-state index in [-0.39, 0.29) is 18.3 Å². The summed E-state index contributed by atoms with van der Waals surface area (Å²) >= 11 is 1.19. The molecule has 0 atom stereocenters. The maximum atomic E-state index is 12.9. The zero-order chi connectivity index (χ0) is 24.4. The van der Waals surface area contributed by atoms with E-state index in [0.717, 1.165) is 17.7 Å². The fourth-order valence-corrected chi connectivity index (χ4v) is 4.52. The minimum atomic E-state index is -4.72. The minimum absolute atomic E-state index is 0.117. The number of carbonyl (C=O) groups excluding carboxylic acids is 1. The monoisotopic (exact) mass is 502 g/mol. The van der Waals surface area contributed by atoms with Crippen molar-refractivity contribution in [2.45, 2.75) is 25.6 Å². The summed E-state index contributed by atoms with van der Waals surface area (Å²) in [7, 11) is 0. The number of hydrogen-bond donors (Lipinski definition) is 0. The van der Waals surface area contributed by atoms with Gasteiger partial charge in [-0.25, -0.2) is 4.98 Å². The van der Waals surface area contributed by atoms with Gasteiger partial charge in [-0.05, 0) is 31.0 Å². The Hall–Kier alpha value is -3.94. The molecule has 4 aromatic heterocycles. The Kier molecular flexibility index (Phi) is 6.11. The number of nitrogens with zero attached hydrogens (tertiary/aromatic N) is 8. The molecule has 0 radical (unpaired) electrons. The highest BCUT2D eigenvalue weighted by molar-refractivity contribution is 7.15. The average Bonchev–Trinajstić information content (AvgIpc) is 3.64. The molecular formula is C21H17F3N8O2S. The number of likely N-dealkylation sites (tertiary alicyclic amines) is 1. The highest BCUT2D eigenvalue weighted by atomic mass is 32.1. The summed E-state index contributed by atoms with van der Waals surface area (Å²) in [5.41, 5.74) is 0.407. The second kappa shape index (κ2) is 9.37. The Balaban J connectivity index is 1.43. The minimum Gasteiger partial charge on any atom is -0.339 e. The van der Waals surface area contributed by atoms with E-state index in [9.17, 15) is 18.0 Å². The summed E-state index contributed by atoms with van der Waals surface area (Å²) < 4.78 is 42.7. The summed E-state index contributed by atoms with van der Waals surface area (Å²) in [4.78, 5) is 29.4. The number of aromatic nitrogens is 6. The van der Waals surface area contributed by atoms with Gasteiger partial charge in [0.25, 0.3) is 5.91 Å². The van der Waals surface area contributed by atoms with Gasteiger partial charge in [0, 0.05) is 30.4 Å². The molecule has 1 aliphatic heterocycles. The molecule has 1 saturated heterocycles. The van der Waals surface area contributed by atoms with Crippen LogP contribution in [-0.2, 0) is 12.7 Å². The largest absolute Gasteiger partial charge is 0.471 e. The van der Waals surface area contributed by atoms with Crippen molar-refractivity contribution in [1.82, 2.24) is 35.2 Å². The lowest BCUT2D eigenvalue weighted by Gasteiger charge is -2.22. The van der Waals surface area contributed by atoms with E-state index in [1.165, 1.54) is 29.9 Å². The summed E-state index contributed by atoms with van der Waals surface area (Å²) in [5.74, 6) is -0.837. The van der Waals surface area contributed by atoms with Crippen LogP contribution in [0.5, 0.6) is 0 Å². The van der Waals surface area contributed by atoms with Crippen molar-refractivity contribution in [3.8, 4) is 10.7 Å². The molecular weight excluding hydrogens is 485 g/mol. The molecule has 0 aliphatic carbocycles. The molecule has 0 spiro atoms. The van der Waals surface area contributed by atoms with Crippen LogP contribution in [0.2, 0.25) is 0 Å². The SMILES string of the molecule is O=C(c1cnnc(N(Cc2ccc(-c3noc(C(F)(F)F)n3)s2)c2cnccn2)c1)N1CCCC1. The number of amides is 1. The third kappa shape index (κ3) is 4.96. The van der Waals surface area contributed by atoms with Crippen LogP contribution >= 0.6 is 11.3 Å². The predicted molar refractivity (Wildman–Crippen MR) is 118 cm³/mol. The zero-order valence-electron chi connectivity index (χ0n) is 18.0. The first-order valence-electron chi connectivity index (χ1n) is 10.5. The van der Waals surface area contributed by atoms with Gasteiger partial charge in [0.05, 0.1) is 29.4 Å². The van der Waals surface area contributed by atoms with Gasteiger partial charge >= 0.3 is 12.1 Å². The van der Waals surface area contributed by atoms with Gasteiger partial charge in [-0.2, -0.15) is 23.3 Å². The summed E-state index contributed by atoms with van der Waals surface area (Å²) in [6, 6.07) is 4.99. The van der Waals surface area contributed by atoms with E-state index in [0.29, 0.717) is 35.2 Å². The van der Waals surface area contributed by atoms with Crippen molar-refractivity contribution in [1.29, 1.82) is 0 Å². The quantitative estimate of drug-likeness (QED) is 0.386. The summed E-state index contributed by atoms with van der Waals surface area (Å²) in [6.45, 7) is 1.65. The molecule has 0 unspecified atom stereocenters. The van der Waals surface area contributed by atoms with Gasteiger partial charge in [-0.3, -0.25) is 9.78 Å². The maximum Gasteiger partial charge on any atom is 0.471 e. The third-order valence-electron chi connectivity index (χ3n) is 5.25. The fourth-order valence-electron chi connectivity index (χ4n) is 3.59. The number of thiophene rings is 1. The van der Waals surface area contributed by atoms with E-state index in [2.05, 4.69) is 34.8 Å². The Morgan fingerprint density at radius 2 is 1.97 bits per heavy atom. The second-order valence-electron chi connectivity index (χ2n) is 7.64. The van der Waals surface area contributed by atoms with Crippen LogP contribution in [0.15, 0.2) is 47.5 Å². The van der Waals surface area contributed by atoms with Crippen LogP contribution in [0.4, 0.5) is 24.8 Å². The van der Waals surface area contributed by atoms with Crippen LogP contribution in [0.1, 0.15) is 34.0 Å². The molecule has 5 heterocycles. The molecule has 0 aromatic carbocycles. The lowest BCUT2D eigenvalue weighted by molar-refractivity contribution is -0.159. The predicted octanol–water partition coefficient (Wildman–Crippen LogP) is 3.97. The smallest absolute Gasteiger partial charge is 0.339 e. The Morgan fingerprint density at radius 1 is 1.14 bits per heavy atom. The van der Waals surface area contributed by atoms with Gasteiger partial charge in [-0.1, -0.05) is 5.16 Å². The number of rotatable bonds is 6. The first kappa shape index (κ1) is 22.8. The lowest BCUT2D eigenvalue weighted by atomic mass is 10.2.